The number of rotatable bonds is 2. The van der Waals surface area contributed by atoms with Gasteiger partial charge < -0.3 is 16.5 Å². The number of nitrogen functional groups attached to an aromatic ring is 1. The maximum atomic E-state index is 11.8. The van der Waals surface area contributed by atoms with Gasteiger partial charge in [0.05, 0.1) is 5.54 Å². The molecule has 0 unspecified atom stereocenters. The number of aromatic nitrogens is 4. The third kappa shape index (κ3) is 2.07. The molecule has 0 bridgehead atoms. The number of anilines is 1. The third-order valence-electron chi connectivity index (χ3n) is 4.43. The van der Waals surface area contributed by atoms with Crippen LogP contribution in [0.5, 0.6) is 0 Å². The highest BCUT2D eigenvalue weighted by molar-refractivity contribution is 5.70. The van der Waals surface area contributed by atoms with E-state index in [9.17, 15) is 4.79 Å². The largest absolute Gasteiger partial charge is 0.369 e. The van der Waals surface area contributed by atoms with Gasteiger partial charge in [-0.25, -0.2) is 4.98 Å². The van der Waals surface area contributed by atoms with Gasteiger partial charge in [-0.15, -0.1) is 0 Å². The van der Waals surface area contributed by atoms with Crippen molar-refractivity contribution in [3.8, 4) is 0 Å². The molecular weight excluding hydrogens is 256 g/mol. The number of hydrogen-bond acceptors (Lipinski definition) is 5. The predicted octanol–water partition coefficient (Wildman–Crippen LogP) is 0.983. The van der Waals surface area contributed by atoms with Crippen LogP contribution in [-0.2, 0) is 5.54 Å². The number of nitrogens with zero attached hydrogens (tertiary/aromatic N) is 2. The molecule has 0 spiro atoms. The molecule has 6 N–H and O–H groups in total. The number of aromatic amines is 2. The Labute approximate surface area is 116 Å². The van der Waals surface area contributed by atoms with Crippen molar-refractivity contribution < 1.29 is 0 Å². The summed E-state index contributed by atoms with van der Waals surface area (Å²) in [5.41, 5.74) is 11.9. The first-order valence-corrected chi connectivity index (χ1v) is 7.06. The van der Waals surface area contributed by atoms with E-state index in [1.807, 2.05) is 0 Å². The Morgan fingerprint density at radius 1 is 1.30 bits per heavy atom. The van der Waals surface area contributed by atoms with Crippen molar-refractivity contribution >= 4 is 17.1 Å². The predicted molar refractivity (Wildman–Crippen MR) is 77.0 cm³/mol. The summed E-state index contributed by atoms with van der Waals surface area (Å²) in [5.74, 6) is 1.46. The number of fused-ring (bicyclic) bond motifs is 1. The summed E-state index contributed by atoms with van der Waals surface area (Å²) in [6.07, 6.45) is 5.12. The first-order valence-electron chi connectivity index (χ1n) is 7.06. The second-order valence-corrected chi connectivity index (χ2v) is 5.74. The number of nitrogens with one attached hydrogen (secondary N) is 2. The van der Waals surface area contributed by atoms with Gasteiger partial charge in [0.2, 0.25) is 5.95 Å². The quantitative estimate of drug-likeness (QED) is 0.650. The molecule has 1 fully saturated rings. The molecule has 0 saturated heterocycles. The first-order chi connectivity index (χ1) is 9.51. The van der Waals surface area contributed by atoms with Gasteiger partial charge in [-0.05, 0) is 31.6 Å². The fraction of sp³-hybridized carbons (Fsp3) is 0.615. The normalized spacial score (nSPS) is 27.0. The molecule has 0 radical (unpaired) electrons. The Hall–Kier alpha value is -1.89. The van der Waals surface area contributed by atoms with Gasteiger partial charge in [-0.3, -0.25) is 9.78 Å². The molecule has 2 heterocycles. The highest BCUT2D eigenvalue weighted by Crippen LogP contribution is 2.37. The maximum absolute atomic E-state index is 11.8. The van der Waals surface area contributed by atoms with Crippen molar-refractivity contribution in [1.82, 2.24) is 19.9 Å². The van der Waals surface area contributed by atoms with Crippen molar-refractivity contribution in [3.63, 3.8) is 0 Å². The van der Waals surface area contributed by atoms with E-state index in [2.05, 4.69) is 26.9 Å². The Balaban J connectivity index is 1.98. The topological polar surface area (TPSA) is 126 Å². The van der Waals surface area contributed by atoms with Crippen molar-refractivity contribution in [3.05, 3.63) is 16.2 Å². The summed E-state index contributed by atoms with van der Waals surface area (Å²) in [5, 5.41) is 0. The summed E-state index contributed by atoms with van der Waals surface area (Å²) in [7, 11) is 0. The lowest BCUT2D eigenvalue weighted by molar-refractivity contribution is 0.223. The number of hydrogen-bond donors (Lipinski definition) is 4. The molecule has 0 atom stereocenters. The van der Waals surface area contributed by atoms with Crippen molar-refractivity contribution in [2.24, 2.45) is 11.7 Å². The summed E-state index contributed by atoms with van der Waals surface area (Å²) in [6.45, 7) is 2.21. The Morgan fingerprint density at radius 2 is 2.00 bits per heavy atom. The van der Waals surface area contributed by atoms with Crippen LogP contribution in [0, 0.1) is 5.92 Å². The molecule has 1 aliphatic rings. The molecular formula is C13H20N6O. The van der Waals surface area contributed by atoms with Gasteiger partial charge in [0.1, 0.15) is 5.82 Å². The molecule has 1 saturated carbocycles. The van der Waals surface area contributed by atoms with Gasteiger partial charge in [-0.2, -0.15) is 4.98 Å². The smallest absolute Gasteiger partial charge is 0.278 e. The fourth-order valence-electron chi connectivity index (χ4n) is 3.00. The third-order valence-corrected chi connectivity index (χ3v) is 4.43. The molecule has 7 nitrogen and oxygen atoms in total. The zero-order valence-corrected chi connectivity index (χ0v) is 11.6. The Bertz CT molecular complexity index is 680. The monoisotopic (exact) mass is 276 g/mol. The summed E-state index contributed by atoms with van der Waals surface area (Å²) >= 11 is 0. The van der Waals surface area contributed by atoms with E-state index < -0.39 is 5.54 Å². The summed E-state index contributed by atoms with van der Waals surface area (Å²) in [4.78, 5) is 25.7. The van der Waals surface area contributed by atoms with Crippen molar-refractivity contribution in [2.45, 2.75) is 44.6 Å². The lowest BCUT2D eigenvalue weighted by Gasteiger charge is -2.35. The van der Waals surface area contributed by atoms with E-state index in [4.69, 9.17) is 11.5 Å². The SMILES string of the molecule is CCC1CCC(N)(c2nc3nc(N)[nH]c(=O)c3[nH]2)CC1. The molecule has 0 aliphatic heterocycles. The minimum Gasteiger partial charge on any atom is -0.369 e. The lowest BCUT2D eigenvalue weighted by atomic mass is 9.76. The van der Waals surface area contributed by atoms with Crippen LogP contribution in [0.4, 0.5) is 5.95 Å². The van der Waals surface area contributed by atoms with E-state index in [1.54, 1.807) is 0 Å². The molecule has 0 aromatic carbocycles. The highest BCUT2D eigenvalue weighted by atomic mass is 16.1. The number of nitrogens with two attached hydrogens (primary N) is 2. The second-order valence-electron chi connectivity index (χ2n) is 5.74. The van der Waals surface area contributed by atoms with Crippen molar-refractivity contribution in [1.29, 1.82) is 0 Å². The van der Waals surface area contributed by atoms with Gasteiger partial charge in [0.25, 0.3) is 5.56 Å². The number of H-pyrrole nitrogens is 2. The van der Waals surface area contributed by atoms with Crippen LogP contribution in [0.15, 0.2) is 4.79 Å². The second kappa shape index (κ2) is 4.59. The maximum Gasteiger partial charge on any atom is 0.278 e. The summed E-state index contributed by atoms with van der Waals surface area (Å²) < 4.78 is 0. The van der Waals surface area contributed by atoms with Crippen LogP contribution in [0.25, 0.3) is 11.2 Å². The average molecular weight is 276 g/mol. The van der Waals surface area contributed by atoms with Gasteiger partial charge in [-0.1, -0.05) is 13.3 Å². The van der Waals surface area contributed by atoms with Crippen LogP contribution in [0.3, 0.4) is 0 Å². The molecule has 108 valence electrons. The molecule has 1 aliphatic carbocycles. The molecule has 20 heavy (non-hydrogen) atoms. The van der Waals surface area contributed by atoms with Crippen molar-refractivity contribution in [2.75, 3.05) is 5.73 Å². The fourth-order valence-corrected chi connectivity index (χ4v) is 3.00. The first kappa shape index (κ1) is 13.1. The zero-order valence-electron chi connectivity index (χ0n) is 11.6. The van der Waals surface area contributed by atoms with E-state index in [0.717, 1.165) is 31.6 Å². The van der Waals surface area contributed by atoms with Gasteiger partial charge in [0, 0.05) is 0 Å². The minimum atomic E-state index is -0.492. The molecule has 7 heteroatoms. The van der Waals surface area contributed by atoms with E-state index in [-0.39, 0.29) is 11.5 Å². The zero-order chi connectivity index (χ0) is 14.3. The minimum absolute atomic E-state index is 0.0707. The molecule has 0 amide bonds. The molecule has 3 rings (SSSR count). The van der Waals surface area contributed by atoms with E-state index in [1.165, 1.54) is 6.42 Å². The van der Waals surface area contributed by atoms with Crippen LogP contribution >= 0.6 is 0 Å². The van der Waals surface area contributed by atoms with Gasteiger partial charge >= 0.3 is 0 Å². The Kier molecular flexibility index (Phi) is 3.01. The average Bonchev–Trinajstić information content (AvgIpc) is 2.84. The standard InChI is InChI=1S/C13H20N6O/c1-2-7-3-5-13(15,6-4-7)11-16-8-9(17-11)18-12(14)19-10(8)20/h7H,2-6,15H2,1H3,(H4,14,16,17,18,19,20). The van der Waals surface area contributed by atoms with Gasteiger partial charge in [0.15, 0.2) is 11.2 Å². The molecule has 2 aromatic rings. The van der Waals surface area contributed by atoms with Crippen LogP contribution < -0.4 is 17.0 Å². The molecule has 2 aromatic heterocycles. The van der Waals surface area contributed by atoms with Crippen LogP contribution in [-0.4, -0.2) is 19.9 Å². The van der Waals surface area contributed by atoms with Crippen LogP contribution in [0.2, 0.25) is 0 Å². The van der Waals surface area contributed by atoms with Crippen LogP contribution in [0.1, 0.15) is 44.9 Å². The highest BCUT2D eigenvalue weighted by Gasteiger charge is 2.35. The lowest BCUT2D eigenvalue weighted by Crippen LogP contribution is -2.41. The number of imidazole rings is 1. The summed E-state index contributed by atoms with van der Waals surface area (Å²) in [6, 6.07) is 0. The van der Waals surface area contributed by atoms with E-state index in [0.29, 0.717) is 17.0 Å². The Morgan fingerprint density at radius 3 is 2.65 bits per heavy atom. The van der Waals surface area contributed by atoms with E-state index >= 15 is 0 Å².